The third-order valence-electron chi connectivity index (χ3n) is 5.51. The maximum absolute atomic E-state index is 12.9. The van der Waals surface area contributed by atoms with Gasteiger partial charge < -0.3 is 10.1 Å². The first kappa shape index (κ1) is 18.9. The highest BCUT2D eigenvalue weighted by atomic mass is 79.9. The second-order valence-corrected chi connectivity index (χ2v) is 8.30. The lowest BCUT2D eigenvalue weighted by molar-refractivity contribution is 0.0343. The molecule has 2 aliphatic rings. The van der Waals surface area contributed by atoms with Crippen molar-refractivity contribution in [3.63, 3.8) is 0 Å². The minimum absolute atomic E-state index is 0.0209. The van der Waals surface area contributed by atoms with Crippen molar-refractivity contribution in [1.29, 1.82) is 0 Å². The van der Waals surface area contributed by atoms with Crippen molar-refractivity contribution < 1.29 is 9.53 Å². The van der Waals surface area contributed by atoms with Crippen LogP contribution in [0.25, 0.3) is 10.8 Å². The van der Waals surface area contributed by atoms with E-state index in [0.717, 1.165) is 79.7 Å². The van der Waals surface area contributed by atoms with Crippen molar-refractivity contribution in [3.8, 4) is 0 Å². The Bertz CT molecular complexity index is 807. The number of rotatable bonds is 5. The highest BCUT2D eigenvalue weighted by molar-refractivity contribution is 9.10. The number of halogens is 1. The highest BCUT2D eigenvalue weighted by Gasteiger charge is 2.25. The van der Waals surface area contributed by atoms with Crippen LogP contribution in [0.3, 0.4) is 0 Å². The summed E-state index contributed by atoms with van der Waals surface area (Å²) in [5.74, 6) is 0.0209. The molecule has 2 aliphatic heterocycles. The topological polar surface area (TPSA) is 44.8 Å². The molecule has 2 saturated heterocycles. The van der Waals surface area contributed by atoms with Gasteiger partial charge in [0, 0.05) is 55.3 Å². The zero-order chi connectivity index (χ0) is 18.6. The molecule has 144 valence electrons. The number of benzene rings is 2. The van der Waals surface area contributed by atoms with Gasteiger partial charge in [0.2, 0.25) is 0 Å². The van der Waals surface area contributed by atoms with Gasteiger partial charge >= 0.3 is 0 Å². The summed E-state index contributed by atoms with van der Waals surface area (Å²) >= 11 is 3.53. The van der Waals surface area contributed by atoms with E-state index in [9.17, 15) is 4.79 Å². The third kappa shape index (κ3) is 4.69. The summed E-state index contributed by atoms with van der Waals surface area (Å²) in [6.45, 7) is 7.88. The monoisotopic (exact) mass is 431 g/mol. The van der Waals surface area contributed by atoms with Gasteiger partial charge in [0.25, 0.3) is 5.91 Å². The predicted octanol–water partition coefficient (Wildman–Crippen LogP) is 2.74. The van der Waals surface area contributed by atoms with Crippen LogP contribution in [-0.4, -0.2) is 74.2 Å². The number of amides is 1. The minimum atomic E-state index is 0.0209. The Kier molecular flexibility index (Phi) is 6.08. The molecule has 5 nitrogen and oxygen atoms in total. The standard InChI is InChI=1S/C21H26BrN3O2/c22-17-13-16-3-1-2-4-19(16)20(14-17)21(26)23-18-5-6-25(15-18)8-7-24-9-11-27-12-10-24/h1-4,13-14,18H,5-12,15H2,(H,23,26). The van der Waals surface area contributed by atoms with E-state index in [4.69, 9.17) is 4.74 Å². The number of carbonyl (C=O) groups excluding carboxylic acids is 1. The molecule has 6 heteroatoms. The van der Waals surface area contributed by atoms with Gasteiger partial charge in [-0.15, -0.1) is 0 Å². The molecule has 2 heterocycles. The van der Waals surface area contributed by atoms with Gasteiger partial charge in [0.15, 0.2) is 0 Å². The lowest BCUT2D eigenvalue weighted by Crippen LogP contribution is -2.42. The van der Waals surface area contributed by atoms with Gasteiger partial charge in [-0.2, -0.15) is 0 Å². The first-order valence-electron chi connectivity index (χ1n) is 9.71. The van der Waals surface area contributed by atoms with Gasteiger partial charge in [-0.1, -0.05) is 40.2 Å². The van der Waals surface area contributed by atoms with E-state index in [1.807, 2.05) is 30.3 Å². The number of hydrogen-bond acceptors (Lipinski definition) is 4. The van der Waals surface area contributed by atoms with E-state index in [-0.39, 0.29) is 11.9 Å². The van der Waals surface area contributed by atoms with E-state index in [2.05, 4.69) is 37.1 Å². The summed E-state index contributed by atoms with van der Waals surface area (Å²) in [5, 5.41) is 5.33. The van der Waals surface area contributed by atoms with Crippen molar-refractivity contribution in [1.82, 2.24) is 15.1 Å². The number of carbonyl (C=O) groups is 1. The molecule has 0 bridgehead atoms. The van der Waals surface area contributed by atoms with Crippen LogP contribution in [0.1, 0.15) is 16.8 Å². The second-order valence-electron chi connectivity index (χ2n) is 7.39. The number of nitrogens with zero attached hydrogens (tertiary/aromatic N) is 2. The van der Waals surface area contributed by atoms with Crippen LogP contribution in [0.4, 0.5) is 0 Å². The Hall–Kier alpha value is -1.47. The number of fused-ring (bicyclic) bond motifs is 1. The van der Waals surface area contributed by atoms with Crippen LogP contribution in [0.5, 0.6) is 0 Å². The second kappa shape index (κ2) is 8.69. The Morgan fingerprint density at radius 2 is 1.89 bits per heavy atom. The normalized spacial score (nSPS) is 21.6. The average Bonchev–Trinajstić information content (AvgIpc) is 3.13. The number of ether oxygens (including phenoxy) is 1. The fourth-order valence-corrected chi connectivity index (χ4v) is 4.46. The molecular weight excluding hydrogens is 406 g/mol. The van der Waals surface area contributed by atoms with Crippen molar-refractivity contribution in [3.05, 3.63) is 46.4 Å². The third-order valence-corrected chi connectivity index (χ3v) is 5.97. The van der Waals surface area contributed by atoms with Crippen molar-refractivity contribution in [2.75, 3.05) is 52.5 Å². The first-order chi connectivity index (χ1) is 13.2. The Morgan fingerprint density at radius 1 is 1.11 bits per heavy atom. The molecule has 0 radical (unpaired) electrons. The largest absolute Gasteiger partial charge is 0.379 e. The summed E-state index contributed by atoms with van der Waals surface area (Å²) in [7, 11) is 0. The van der Waals surface area contributed by atoms with E-state index in [0.29, 0.717) is 0 Å². The van der Waals surface area contributed by atoms with E-state index < -0.39 is 0 Å². The zero-order valence-electron chi connectivity index (χ0n) is 15.5. The minimum Gasteiger partial charge on any atom is -0.379 e. The van der Waals surface area contributed by atoms with Gasteiger partial charge in [0.05, 0.1) is 13.2 Å². The van der Waals surface area contributed by atoms with Crippen LogP contribution < -0.4 is 5.32 Å². The molecule has 4 rings (SSSR count). The van der Waals surface area contributed by atoms with Gasteiger partial charge in [-0.25, -0.2) is 0 Å². The molecule has 1 atom stereocenters. The van der Waals surface area contributed by atoms with E-state index in [1.54, 1.807) is 0 Å². The SMILES string of the molecule is O=C(NC1CCN(CCN2CCOCC2)C1)c1cc(Br)cc2ccccc12. The Labute approximate surface area is 168 Å². The lowest BCUT2D eigenvalue weighted by atomic mass is 10.0. The molecule has 0 saturated carbocycles. The number of hydrogen-bond donors (Lipinski definition) is 1. The Balaban J connectivity index is 1.34. The quantitative estimate of drug-likeness (QED) is 0.790. The predicted molar refractivity (Wildman–Crippen MR) is 111 cm³/mol. The van der Waals surface area contributed by atoms with Crippen molar-refractivity contribution in [2.24, 2.45) is 0 Å². The van der Waals surface area contributed by atoms with Crippen LogP contribution >= 0.6 is 15.9 Å². The molecule has 2 aromatic carbocycles. The number of likely N-dealkylation sites (tertiary alicyclic amines) is 1. The molecule has 1 amide bonds. The van der Waals surface area contributed by atoms with Crippen molar-refractivity contribution in [2.45, 2.75) is 12.5 Å². The van der Waals surface area contributed by atoms with Gasteiger partial charge in [0.1, 0.15) is 0 Å². The number of morpholine rings is 1. The molecule has 0 spiro atoms. The summed E-state index contributed by atoms with van der Waals surface area (Å²) in [5.41, 5.74) is 0.742. The first-order valence-corrected chi connectivity index (χ1v) is 10.5. The molecule has 27 heavy (non-hydrogen) atoms. The molecule has 2 fully saturated rings. The summed E-state index contributed by atoms with van der Waals surface area (Å²) in [4.78, 5) is 17.8. The van der Waals surface area contributed by atoms with Gasteiger partial charge in [-0.3, -0.25) is 14.6 Å². The molecule has 0 aromatic heterocycles. The summed E-state index contributed by atoms with van der Waals surface area (Å²) in [6, 6.07) is 12.2. The molecule has 1 N–H and O–H groups in total. The van der Waals surface area contributed by atoms with Gasteiger partial charge in [-0.05, 0) is 29.3 Å². The fraction of sp³-hybridized carbons (Fsp3) is 0.476. The van der Waals surface area contributed by atoms with Crippen LogP contribution in [0, 0.1) is 0 Å². The maximum Gasteiger partial charge on any atom is 0.252 e. The van der Waals surface area contributed by atoms with Crippen LogP contribution in [0.2, 0.25) is 0 Å². The summed E-state index contributed by atoms with van der Waals surface area (Å²) < 4.78 is 6.34. The van der Waals surface area contributed by atoms with E-state index >= 15 is 0 Å². The van der Waals surface area contributed by atoms with Crippen LogP contribution in [-0.2, 0) is 4.74 Å². The Morgan fingerprint density at radius 3 is 2.74 bits per heavy atom. The lowest BCUT2D eigenvalue weighted by Gasteiger charge is -2.28. The van der Waals surface area contributed by atoms with Crippen LogP contribution in [0.15, 0.2) is 40.9 Å². The molecule has 1 unspecified atom stereocenters. The fourth-order valence-electron chi connectivity index (χ4n) is 3.99. The molecular formula is C21H26BrN3O2. The maximum atomic E-state index is 12.9. The smallest absolute Gasteiger partial charge is 0.252 e. The molecule has 0 aliphatic carbocycles. The molecule has 2 aromatic rings. The highest BCUT2D eigenvalue weighted by Crippen LogP contribution is 2.24. The number of nitrogens with one attached hydrogen (secondary N) is 1. The zero-order valence-corrected chi connectivity index (χ0v) is 17.1. The summed E-state index contributed by atoms with van der Waals surface area (Å²) in [6.07, 6.45) is 1.01. The van der Waals surface area contributed by atoms with E-state index in [1.165, 1.54) is 0 Å². The van der Waals surface area contributed by atoms with Crippen molar-refractivity contribution >= 4 is 32.6 Å². The average molecular weight is 432 g/mol.